The van der Waals surface area contributed by atoms with Crippen LogP contribution in [-0.2, 0) is 9.31 Å². The summed E-state index contributed by atoms with van der Waals surface area (Å²) in [5.74, 6) is 0. The summed E-state index contributed by atoms with van der Waals surface area (Å²) in [4.78, 5) is 0. The highest BCUT2D eigenvalue weighted by Gasteiger charge is 2.52. The maximum Gasteiger partial charge on any atom is 0.495 e. The van der Waals surface area contributed by atoms with E-state index in [0.717, 1.165) is 27.4 Å². The highest BCUT2D eigenvalue weighted by molar-refractivity contribution is 6.65. The number of benzene rings is 3. The van der Waals surface area contributed by atoms with E-state index in [-0.39, 0.29) is 11.2 Å². The molecule has 1 saturated heterocycles. The first-order valence-corrected chi connectivity index (χ1v) is 12.1. The predicted octanol–water partition coefficient (Wildman–Crippen LogP) is 7.06. The Bertz CT molecular complexity index is 1550. The zero-order valence-corrected chi connectivity index (χ0v) is 20.6. The van der Waals surface area contributed by atoms with E-state index >= 15 is 0 Å². The van der Waals surface area contributed by atoms with Gasteiger partial charge >= 0.3 is 7.12 Å². The summed E-state index contributed by atoms with van der Waals surface area (Å²) in [7, 11) is -0.402. The van der Waals surface area contributed by atoms with Crippen molar-refractivity contribution in [1.82, 2.24) is 0 Å². The average Bonchev–Trinajstić information content (AvgIpc) is 3.08. The van der Waals surface area contributed by atoms with Gasteiger partial charge in [-0.2, -0.15) is 0 Å². The fourth-order valence-corrected chi connectivity index (χ4v) is 4.89. The van der Waals surface area contributed by atoms with Crippen LogP contribution >= 0.6 is 0 Å². The first-order chi connectivity index (χ1) is 16.8. The Morgan fingerprint density at radius 1 is 0.714 bits per heavy atom. The van der Waals surface area contributed by atoms with Gasteiger partial charge in [0.1, 0.15) is 0 Å². The molecule has 0 spiro atoms. The Hall–Kier alpha value is -3.58. The molecule has 1 heterocycles. The van der Waals surface area contributed by atoms with E-state index in [4.69, 9.17) is 9.31 Å². The number of hydrogen-bond donors (Lipinski definition) is 0. The lowest BCUT2D eigenvalue weighted by molar-refractivity contribution is 0.00578. The van der Waals surface area contributed by atoms with Gasteiger partial charge in [-0.3, -0.25) is 0 Å². The van der Waals surface area contributed by atoms with Crippen LogP contribution < -0.4 is 5.46 Å². The van der Waals surface area contributed by atoms with Crippen molar-refractivity contribution in [3.8, 4) is 0 Å². The van der Waals surface area contributed by atoms with Crippen LogP contribution in [0.1, 0.15) is 55.5 Å². The SMILES string of the molecule is CC1(C)OB(c2ccc(C3=C=Cc4c(ccc5c4C=C=CC=C5)C=C3)c3ccccc23)OC1(C)C. The Balaban J connectivity index is 1.48. The van der Waals surface area contributed by atoms with E-state index in [1.54, 1.807) is 0 Å². The van der Waals surface area contributed by atoms with Crippen LogP contribution in [-0.4, -0.2) is 18.3 Å². The van der Waals surface area contributed by atoms with E-state index in [9.17, 15) is 0 Å². The second-order valence-electron chi connectivity index (χ2n) is 10.3. The second kappa shape index (κ2) is 7.99. The molecular formula is C32H27BO2. The smallest absolute Gasteiger partial charge is 0.399 e. The summed E-state index contributed by atoms with van der Waals surface area (Å²) in [6.07, 6.45) is 14.6. The van der Waals surface area contributed by atoms with Gasteiger partial charge in [-0.1, -0.05) is 66.8 Å². The van der Waals surface area contributed by atoms with Crippen molar-refractivity contribution >= 4 is 53.2 Å². The third-order valence-electron chi connectivity index (χ3n) is 7.61. The quantitative estimate of drug-likeness (QED) is 0.305. The molecule has 1 aliphatic heterocycles. The van der Waals surface area contributed by atoms with E-state index < -0.39 is 7.12 Å². The zero-order valence-electron chi connectivity index (χ0n) is 20.6. The molecule has 0 radical (unpaired) electrons. The molecule has 1 fully saturated rings. The Kier molecular flexibility index (Phi) is 5.00. The van der Waals surface area contributed by atoms with Crippen LogP contribution in [0, 0.1) is 0 Å². The van der Waals surface area contributed by atoms with Crippen LogP contribution in [0.5, 0.6) is 0 Å². The number of rotatable bonds is 2. The topological polar surface area (TPSA) is 18.5 Å². The van der Waals surface area contributed by atoms with Crippen LogP contribution in [0.3, 0.4) is 0 Å². The van der Waals surface area contributed by atoms with E-state index in [1.165, 1.54) is 22.3 Å². The molecule has 0 aromatic heterocycles. The fraction of sp³-hybridized carbons (Fsp3) is 0.188. The Morgan fingerprint density at radius 3 is 2.17 bits per heavy atom. The van der Waals surface area contributed by atoms with Crippen LogP contribution in [0.15, 0.2) is 78.2 Å². The maximum atomic E-state index is 6.39. The lowest BCUT2D eigenvalue weighted by atomic mass is 9.75. The third-order valence-corrected chi connectivity index (χ3v) is 7.61. The average molecular weight is 454 g/mol. The number of hydrogen-bond acceptors (Lipinski definition) is 2. The Morgan fingerprint density at radius 2 is 1.40 bits per heavy atom. The van der Waals surface area contributed by atoms with Crippen molar-refractivity contribution in [3.05, 3.63) is 106 Å². The summed E-state index contributed by atoms with van der Waals surface area (Å²) >= 11 is 0. The second-order valence-corrected chi connectivity index (χ2v) is 10.3. The lowest BCUT2D eigenvalue weighted by Gasteiger charge is -2.32. The molecule has 0 bridgehead atoms. The van der Waals surface area contributed by atoms with Gasteiger partial charge < -0.3 is 9.31 Å². The molecule has 6 rings (SSSR count). The normalized spacial score (nSPS) is 18.9. The van der Waals surface area contributed by atoms with Gasteiger partial charge in [-0.15, -0.1) is 11.5 Å². The standard InChI is InChI=1S/C32H27BO2/c1-31(2)32(3,4)35-33(34-31)30-21-20-27(28-12-8-9-13-29(28)30)24-17-16-23-15-14-22-10-6-5-7-11-25(22)26(23)19-18-24/h5-6,8-17,19-21H,1-4H3. The molecule has 0 saturated carbocycles. The zero-order chi connectivity index (χ0) is 24.2. The molecule has 0 atom stereocenters. The monoisotopic (exact) mass is 454 g/mol. The van der Waals surface area contributed by atoms with Gasteiger partial charge in [0, 0.05) is 5.57 Å². The minimum atomic E-state index is -0.402. The molecule has 2 nitrogen and oxygen atoms in total. The molecule has 3 heteroatoms. The molecule has 3 aromatic carbocycles. The summed E-state index contributed by atoms with van der Waals surface area (Å²) in [6, 6.07) is 17.1. The third kappa shape index (κ3) is 3.62. The molecule has 0 unspecified atom stereocenters. The molecule has 0 amide bonds. The molecule has 3 aliphatic rings. The minimum Gasteiger partial charge on any atom is -0.399 e. The van der Waals surface area contributed by atoms with Gasteiger partial charge in [0.2, 0.25) is 0 Å². The highest BCUT2D eigenvalue weighted by Crippen LogP contribution is 2.38. The fourth-order valence-electron chi connectivity index (χ4n) is 4.89. The van der Waals surface area contributed by atoms with Crippen molar-refractivity contribution in [3.63, 3.8) is 0 Å². The molecule has 35 heavy (non-hydrogen) atoms. The van der Waals surface area contributed by atoms with Crippen molar-refractivity contribution in [2.24, 2.45) is 0 Å². The molecule has 2 aliphatic carbocycles. The highest BCUT2D eigenvalue weighted by atomic mass is 16.7. The minimum absolute atomic E-state index is 0.380. The number of allylic oxidation sites excluding steroid dienone is 4. The first-order valence-electron chi connectivity index (χ1n) is 12.1. The molecular weight excluding hydrogens is 427 g/mol. The van der Waals surface area contributed by atoms with E-state index in [1.807, 2.05) is 12.2 Å². The molecule has 3 aromatic rings. The van der Waals surface area contributed by atoms with Crippen LogP contribution in [0.2, 0.25) is 0 Å². The predicted molar refractivity (Wildman–Crippen MR) is 148 cm³/mol. The van der Waals surface area contributed by atoms with Crippen molar-refractivity contribution in [2.75, 3.05) is 0 Å². The summed E-state index contributed by atoms with van der Waals surface area (Å²) in [5.41, 5.74) is 14.0. The summed E-state index contributed by atoms with van der Waals surface area (Å²) < 4.78 is 12.8. The van der Waals surface area contributed by atoms with Gasteiger partial charge in [-0.25, -0.2) is 0 Å². The first kappa shape index (κ1) is 21.9. The van der Waals surface area contributed by atoms with E-state index in [0.29, 0.717) is 0 Å². The van der Waals surface area contributed by atoms with Gasteiger partial charge in [0.15, 0.2) is 0 Å². The van der Waals surface area contributed by atoms with Crippen molar-refractivity contribution in [1.29, 1.82) is 0 Å². The maximum absolute atomic E-state index is 6.39. The lowest BCUT2D eigenvalue weighted by Crippen LogP contribution is -2.41. The largest absolute Gasteiger partial charge is 0.495 e. The molecule has 0 N–H and O–H groups in total. The van der Waals surface area contributed by atoms with Crippen LogP contribution in [0.25, 0.3) is 40.6 Å². The Labute approximate surface area is 207 Å². The van der Waals surface area contributed by atoms with E-state index in [2.05, 4.69) is 118 Å². The molecule has 170 valence electrons. The van der Waals surface area contributed by atoms with Crippen LogP contribution in [0.4, 0.5) is 0 Å². The van der Waals surface area contributed by atoms with Gasteiger partial charge in [0.25, 0.3) is 0 Å². The van der Waals surface area contributed by atoms with Gasteiger partial charge in [-0.05, 0) is 96.1 Å². The summed E-state index contributed by atoms with van der Waals surface area (Å²) in [5, 5.41) is 2.30. The van der Waals surface area contributed by atoms with Gasteiger partial charge in [0.05, 0.1) is 11.2 Å². The summed E-state index contributed by atoms with van der Waals surface area (Å²) in [6.45, 7) is 8.37. The number of fused-ring (bicyclic) bond motifs is 4. The van der Waals surface area contributed by atoms with Crippen molar-refractivity contribution in [2.45, 2.75) is 38.9 Å². The van der Waals surface area contributed by atoms with Crippen molar-refractivity contribution < 1.29 is 9.31 Å².